The number of benzene rings is 1. The van der Waals surface area contributed by atoms with Crippen molar-refractivity contribution in [2.45, 2.75) is 28.7 Å². The minimum absolute atomic E-state index is 0.117. The van der Waals surface area contributed by atoms with Crippen LogP contribution in [-0.2, 0) is 0 Å². The van der Waals surface area contributed by atoms with E-state index < -0.39 is 0 Å². The van der Waals surface area contributed by atoms with E-state index in [1.807, 2.05) is 50.4 Å². The minimum Gasteiger partial charge on any atom is -0.409 e. The lowest BCUT2D eigenvalue weighted by Crippen LogP contribution is -2.15. The number of rotatable bonds is 4. The van der Waals surface area contributed by atoms with Gasteiger partial charge in [0.2, 0.25) is 0 Å². The molecule has 0 fully saturated rings. The molecule has 3 N–H and O–H groups in total. The fourth-order valence-corrected chi connectivity index (χ4v) is 3.86. The third-order valence-electron chi connectivity index (χ3n) is 2.86. The average Bonchev–Trinajstić information content (AvgIpc) is 2.45. The molecule has 6 heteroatoms. The first-order valence-corrected chi connectivity index (χ1v) is 8.37. The zero-order valence-corrected chi connectivity index (χ0v) is 13.8. The number of nitrogens with zero attached hydrogens (tertiary/aromatic N) is 2. The maximum absolute atomic E-state index is 9.02. The smallest absolute Gasteiger partial charge is 0.172 e. The SMILES string of the molecule is CSc1cccc(Sc2cc(C)cc(C)n2)c1/C(N)=N/O. The van der Waals surface area contributed by atoms with Crippen LogP contribution < -0.4 is 5.73 Å². The number of aromatic nitrogens is 1. The molecule has 0 amide bonds. The van der Waals surface area contributed by atoms with E-state index in [1.165, 1.54) is 11.8 Å². The number of nitrogens with two attached hydrogens (primary N) is 1. The highest BCUT2D eigenvalue weighted by atomic mass is 32.2. The predicted molar refractivity (Wildman–Crippen MR) is 88.6 cm³/mol. The summed E-state index contributed by atoms with van der Waals surface area (Å²) < 4.78 is 0. The van der Waals surface area contributed by atoms with Crippen LogP contribution in [0, 0.1) is 13.8 Å². The molecule has 1 heterocycles. The van der Waals surface area contributed by atoms with Crippen LogP contribution in [0.3, 0.4) is 0 Å². The first-order chi connectivity index (χ1) is 10.0. The van der Waals surface area contributed by atoms with Crippen molar-refractivity contribution in [2.75, 3.05) is 6.26 Å². The summed E-state index contributed by atoms with van der Waals surface area (Å²) in [6.45, 7) is 4.02. The molecule has 1 aromatic heterocycles. The molecule has 0 saturated heterocycles. The topological polar surface area (TPSA) is 71.5 Å². The number of thioether (sulfide) groups is 1. The van der Waals surface area contributed by atoms with Gasteiger partial charge in [0.25, 0.3) is 0 Å². The van der Waals surface area contributed by atoms with E-state index >= 15 is 0 Å². The van der Waals surface area contributed by atoms with Crippen molar-refractivity contribution in [3.8, 4) is 0 Å². The van der Waals surface area contributed by atoms with Crippen LogP contribution in [-0.4, -0.2) is 22.3 Å². The van der Waals surface area contributed by atoms with E-state index in [1.54, 1.807) is 11.8 Å². The Labute approximate surface area is 132 Å². The van der Waals surface area contributed by atoms with Crippen LogP contribution in [0.25, 0.3) is 0 Å². The lowest BCUT2D eigenvalue weighted by Gasteiger charge is -2.12. The van der Waals surface area contributed by atoms with Gasteiger partial charge in [-0.1, -0.05) is 23.0 Å². The molecule has 0 aliphatic carbocycles. The highest BCUT2D eigenvalue weighted by Crippen LogP contribution is 2.34. The van der Waals surface area contributed by atoms with Gasteiger partial charge in [0.15, 0.2) is 5.84 Å². The molecular formula is C15H17N3OS2. The molecule has 0 bridgehead atoms. The zero-order chi connectivity index (χ0) is 15.4. The van der Waals surface area contributed by atoms with E-state index in [9.17, 15) is 0 Å². The summed E-state index contributed by atoms with van der Waals surface area (Å²) in [5.41, 5.74) is 8.73. The van der Waals surface area contributed by atoms with Crippen molar-refractivity contribution in [1.82, 2.24) is 4.98 Å². The van der Waals surface area contributed by atoms with Gasteiger partial charge in [-0.2, -0.15) is 0 Å². The Hall–Kier alpha value is -1.66. The second-order valence-corrected chi connectivity index (χ2v) is 6.46. The molecule has 0 spiro atoms. The van der Waals surface area contributed by atoms with Gasteiger partial charge in [0.1, 0.15) is 5.03 Å². The van der Waals surface area contributed by atoms with Crippen LogP contribution >= 0.6 is 23.5 Å². The molecule has 1 aromatic carbocycles. The Kier molecular flexibility index (Phi) is 5.14. The number of hydrogen-bond acceptors (Lipinski definition) is 5. The standard InChI is InChI=1S/C15H17N3OS2/c1-9-7-10(2)17-13(8-9)21-12-6-4-5-11(20-3)14(12)15(16)18-19/h4-8,19H,1-3H3,(H2,16,18). The lowest BCUT2D eigenvalue weighted by atomic mass is 10.2. The molecule has 0 unspecified atom stereocenters. The van der Waals surface area contributed by atoms with E-state index in [0.717, 1.165) is 31.6 Å². The number of amidine groups is 1. The zero-order valence-electron chi connectivity index (χ0n) is 12.1. The molecule has 2 rings (SSSR count). The summed E-state index contributed by atoms with van der Waals surface area (Å²) in [5.74, 6) is 0.117. The van der Waals surface area contributed by atoms with Gasteiger partial charge < -0.3 is 10.9 Å². The Morgan fingerprint density at radius 2 is 1.95 bits per heavy atom. The highest BCUT2D eigenvalue weighted by molar-refractivity contribution is 8.00. The summed E-state index contributed by atoms with van der Waals surface area (Å²) in [6.07, 6.45) is 1.97. The molecular weight excluding hydrogens is 302 g/mol. The van der Waals surface area contributed by atoms with Crippen LogP contribution in [0.2, 0.25) is 0 Å². The number of hydrogen-bond donors (Lipinski definition) is 2. The molecule has 0 radical (unpaired) electrons. The minimum atomic E-state index is 0.117. The van der Waals surface area contributed by atoms with Gasteiger partial charge in [-0.15, -0.1) is 11.8 Å². The molecule has 4 nitrogen and oxygen atoms in total. The second kappa shape index (κ2) is 6.87. The van der Waals surface area contributed by atoms with Gasteiger partial charge >= 0.3 is 0 Å². The molecule has 0 saturated carbocycles. The molecule has 110 valence electrons. The van der Waals surface area contributed by atoms with Crippen molar-refractivity contribution in [3.63, 3.8) is 0 Å². The Balaban J connectivity index is 2.48. The Bertz CT molecular complexity index is 666. The van der Waals surface area contributed by atoms with E-state index in [4.69, 9.17) is 10.9 Å². The van der Waals surface area contributed by atoms with E-state index in [-0.39, 0.29) is 5.84 Å². The highest BCUT2D eigenvalue weighted by Gasteiger charge is 2.14. The summed E-state index contributed by atoms with van der Waals surface area (Å²) >= 11 is 3.08. The predicted octanol–water partition coefficient (Wildman–Crippen LogP) is 3.67. The number of pyridine rings is 1. The van der Waals surface area contributed by atoms with Crippen molar-refractivity contribution in [3.05, 3.63) is 47.2 Å². The summed E-state index contributed by atoms with van der Waals surface area (Å²) in [5, 5.41) is 13.1. The maximum atomic E-state index is 9.02. The normalized spacial score (nSPS) is 11.7. The number of aryl methyl sites for hydroxylation is 2. The second-order valence-electron chi connectivity index (χ2n) is 4.54. The first-order valence-electron chi connectivity index (χ1n) is 6.33. The average molecular weight is 319 g/mol. The Morgan fingerprint density at radius 3 is 2.57 bits per heavy atom. The molecule has 0 aliphatic rings. The molecule has 21 heavy (non-hydrogen) atoms. The van der Waals surface area contributed by atoms with Crippen LogP contribution in [0.4, 0.5) is 0 Å². The monoisotopic (exact) mass is 319 g/mol. The summed E-state index contributed by atoms with van der Waals surface area (Å²) in [6, 6.07) is 9.94. The number of oxime groups is 1. The third-order valence-corrected chi connectivity index (χ3v) is 4.62. The van der Waals surface area contributed by atoms with E-state index in [0.29, 0.717) is 0 Å². The van der Waals surface area contributed by atoms with Crippen molar-refractivity contribution >= 4 is 29.4 Å². The van der Waals surface area contributed by atoms with Crippen LogP contribution in [0.5, 0.6) is 0 Å². The van der Waals surface area contributed by atoms with Crippen LogP contribution in [0.15, 0.2) is 50.3 Å². The van der Waals surface area contributed by atoms with E-state index in [2.05, 4.69) is 10.1 Å². The third kappa shape index (κ3) is 3.71. The van der Waals surface area contributed by atoms with Gasteiger partial charge in [0, 0.05) is 21.0 Å². The molecule has 0 aliphatic heterocycles. The fourth-order valence-electron chi connectivity index (χ4n) is 2.04. The van der Waals surface area contributed by atoms with Gasteiger partial charge in [-0.3, -0.25) is 0 Å². The molecule has 0 atom stereocenters. The quantitative estimate of drug-likeness (QED) is 0.296. The summed E-state index contributed by atoms with van der Waals surface area (Å²) in [7, 11) is 0. The first kappa shape index (κ1) is 15.7. The van der Waals surface area contributed by atoms with Gasteiger partial charge in [-0.05, 0) is 49.9 Å². The largest absolute Gasteiger partial charge is 0.409 e. The van der Waals surface area contributed by atoms with Crippen molar-refractivity contribution in [2.24, 2.45) is 10.9 Å². The summed E-state index contributed by atoms with van der Waals surface area (Å²) in [4.78, 5) is 6.42. The van der Waals surface area contributed by atoms with Crippen LogP contribution in [0.1, 0.15) is 16.8 Å². The Morgan fingerprint density at radius 1 is 1.24 bits per heavy atom. The van der Waals surface area contributed by atoms with Gasteiger partial charge in [-0.25, -0.2) is 4.98 Å². The maximum Gasteiger partial charge on any atom is 0.172 e. The van der Waals surface area contributed by atoms with Crippen molar-refractivity contribution < 1.29 is 5.21 Å². The van der Waals surface area contributed by atoms with Crippen molar-refractivity contribution in [1.29, 1.82) is 0 Å². The molecule has 2 aromatic rings. The lowest BCUT2D eigenvalue weighted by molar-refractivity contribution is 0.318. The fraction of sp³-hybridized carbons (Fsp3) is 0.200. The van der Waals surface area contributed by atoms with Gasteiger partial charge in [0.05, 0.1) is 0 Å².